The minimum absolute atomic E-state index is 0.0387. The molecule has 4 unspecified atom stereocenters. The maximum absolute atomic E-state index is 12.8. The molecular weight excluding hydrogens is 311 g/mol. The van der Waals surface area contributed by atoms with Crippen molar-refractivity contribution in [2.75, 3.05) is 11.9 Å². The van der Waals surface area contributed by atoms with Crippen molar-refractivity contribution >= 4 is 23.4 Å². The van der Waals surface area contributed by atoms with E-state index in [1.807, 2.05) is 12.2 Å². The summed E-state index contributed by atoms with van der Waals surface area (Å²) in [4.78, 5) is 38.2. The molecule has 124 valence electrons. The molecule has 2 fully saturated rings. The van der Waals surface area contributed by atoms with E-state index in [9.17, 15) is 18.8 Å². The summed E-state index contributed by atoms with van der Waals surface area (Å²) < 4.78 is 12.8. The Hall–Kier alpha value is -2.50. The largest absolute Gasteiger partial charge is 0.326 e. The molecule has 1 aliphatic heterocycles. The van der Waals surface area contributed by atoms with Gasteiger partial charge in [0.1, 0.15) is 5.82 Å². The lowest BCUT2D eigenvalue weighted by Gasteiger charge is -2.16. The zero-order valence-corrected chi connectivity index (χ0v) is 12.9. The summed E-state index contributed by atoms with van der Waals surface area (Å²) in [5.41, 5.74) is 0.486. The van der Waals surface area contributed by atoms with Gasteiger partial charge >= 0.3 is 0 Å². The highest BCUT2D eigenvalue weighted by Gasteiger charge is 2.58. The van der Waals surface area contributed by atoms with Crippen molar-refractivity contribution in [1.29, 1.82) is 0 Å². The second kappa shape index (κ2) is 5.54. The number of carbonyl (C=O) groups is 3. The normalized spacial score (nSPS) is 30.1. The number of halogens is 1. The van der Waals surface area contributed by atoms with E-state index in [0.717, 1.165) is 6.42 Å². The SMILES string of the molecule is O=C(CCN1C(=O)C2C3C=CC(C3)C2C1=O)Nc1ccc(F)cc1. The highest BCUT2D eigenvalue weighted by Crippen LogP contribution is 2.52. The van der Waals surface area contributed by atoms with Crippen LogP contribution in [0.1, 0.15) is 12.8 Å². The van der Waals surface area contributed by atoms with Crippen LogP contribution < -0.4 is 5.32 Å². The molecule has 0 radical (unpaired) electrons. The molecule has 0 aromatic heterocycles. The van der Waals surface area contributed by atoms with Crippen molar-refractivity contribution in [2.45, 2.75) is 12.8 Å². The Bertz CT molecular complexity index is 713. The second-order valence-corrected chi connectivity index (χ2v) is 6.63. The number of rotatable bonds is 4. The second-order valence-electron chi connectivity index (χ2n) is 6.63. The predicted molar refractivity (Wildman–Crippen MR) is 84.1 cm³/mol. The molecule has 1 aromatic rings. The van der Waals surface area contributed by atoms with E-state index in [4.69, 9.17) is 0 Å². The number of likely N-dealkylation sites (tertiary alicyclic amines) is 1. The van der Waals surface area contributed by atoms with E-state index in [2.05, 4.69) is 5.32 Å². The molecule has 1 saturated carbocycles. The number of allylic oxidation sites excluding steroid dienone is 2. The maximum atomic E-state index is 12.8. The summed E-state index contributed by atoms with van der Waals surface area (Å²) in [5, 5.41) is 2.64. The number of fused-ring (bicyclic) bond motifs is 5. The lowest BCUT2D eigenvalue weighted by molar-refractivity contribution is -0.140. The van der Waals surface area contributed by atoms with Crippen LogP contribution in [0, 0.1) is 29.5 Å². The van der Waals surface area contributed by atoms with Gasteiger partial charge in [-0.2, -0.15) is 0 Å². The summed E-state index contributed by atoms with van der Waals surface area (Å²) in [6.45, 7) is 0.0944. The first kappa shape index (κ1) is 15.1. The number of anilines is 1. The Kier molecular flexibility index (Phi) is 3.48. The summed E-state index contributed by atoms with van der Waals surface area (Å²) >= 11 is 0. The van der Waals surface area contributed by atoms with Gasteiger partial charge in [0.05, 0.1) is 11.8 Å². The first-order valence-electron chi connectivity index (χ1n) is 8.13. The summed E-state index contributed by atoms with van der Waals surface area (Å²) in [6.07, 6.45) is 5.02. The van der Waals surface area contributed by atoms with Crippen molar-refractivity contribution in [3.8, 4) is 0 Å². The van der Waals surface area contributed by atoms with Crippen LogP contribution in [0.15, 0.2) is 36.4 Å². The summed E-state index contributed by atoms with van der Waals surface area (Å²) in [7, 11) is 0. The molecule has 6 heteroatoms. The zero-order valence-electron chi connectivity index (χ0n) is 12.9. The van der Waals surface area contributed by atoms with Gasteiger partial charge in [-0.05, 0) is 42.5 Å². The number of amides is 3. The van der Waals surface area contributed by atoms with Crippen LogP contribution in [0.3, 0.4) is 0 Å². The fourth-order valence-corrected chi connectivity index (χ4v) is 4.15. The van der Waals surface area contributed by atoms with E-state index in [-0.39, 0.29) is 60.2 Å². The van der Waals surface area contributed by atoms with Crippen molar-refractivity contribution in [3.05, 3.63) is 42.2 Å². The molecule has 2 aliphatic carbocycles. The predicted octanol–water partition coefficient (Wildman–Crippen LogP) is 1.96. The smallest absolute Gasteiger partial charge is 0.233 e. The van der Waals surface area contributed by atoms with Crippen molar-refractivity contribution < 1.29 is 18.8 Å². The van der Waals surface area contributed by atoms with Crippen molar-refractivity contribution in [1.82, 2.24) is 4.90 Å². The molecule has 1 heterocycles. The number of benzene rings is 1. The number of hydrogen-bond acceptors (Lipinski definition) is 3. The molecule has 1 N–H and O–H groups in total. The summed E-state index contributed by atoms with van der Waals surface area (Å²) in [6, 6.07) is 5.44. The first-order chi connectivity index (χ1) is 11.5. The lowest BCUT2D eigenvalue weighted by Crippen LogP contribution is -2.35. The van der Waals surface area contributed by atoms with Crippen LogP contribution in [-0.4, -0.2) is 29.2 Å². The number of nitrogens with one attached hydrogen (secondary N) is 1. The van der Waals surface area contributed by atoms with Crippen LogP contribution in [-0.2, 0) is 14.4 Å². The van der Waals surface area contributed by atoms with Gasteiger partial charge in [-0.1, -0.05) is 12.2 Å². The topological polar surface area (TPSA) is 66.5 Å². The number of nitrogens with zero attached hydrogens (tertiary/aromatic N) is 1. The zero-order chi connectivity index (χ0) is 16.8. The quantitative estimate of drug-likeness (QED) is 0.679. The Morgan fingerprint density at radius 1 is 1.08 bits per heavy atom. The monoisotopic (exact) mass is 328 g/mol. The van der Waals surface area contributed by atoms with Crippen LogP contribution in [0.25, 0.3) is 0 Å². The molecule has 0 spiro atoms. The Labute approximate surface area is 138 Å². The minimum atomic E-state index is -0.379. The van der Waals surface area contributed by atoms with Crippen molar-refractivity contribution in [2.24, 2.45) is 23.7 Å². The molecule has 5 nitrogen and oxygen atoms in total. The standard InChI is InChI=1S/C18H17FN2O3/c19-12-3-5-13(6-4-12)20-14(22)7-8-21-17(23)15-10-1-2-11(9-10)16(15)18(21)24/h1-6,10-11,15-16H,7-9H2,(H,20,22). The molecule has 1 saturated heterocycles. The molecule has 24 heavy (non-hydrogen) atoms. The number of carbonyl (C=O) groups excluding carboxylic acids is 3. The minimum Gasteiger partial charge on any atom is -0.326 e. The van der Waals surface area contributed by atoms with Crippen LogP contribution in [0.4, 0.5) is 10.1 Å². The van der Waals surface area contributed by atoms with E-state index < -0.39 is 0 Å². The molecule has 3 amide bonds. The van der Waals surface area contributed by atoms with Gasteiger partial charge in [-0.15, -0.1) is 0 Å². The van der Waals surface area contributed by atoms with Gasteiger partial charge in [0, 0.05) is 18.7 Å². The molecule has 4 atom stereocenters. The molecule has 4 rings (SSSR count). The third kappa shape index (κ3) is 2.33. The molecule has 3 aliphatic rings. The Morgan fingerprint density at radius 2 is 1.67 bits per heavy atom. The van der Waals surface area contributed by atoms with Gasteiger partial charge in [0.15, 0.2) is 0 Å². The molecular formula is C18H17FN2O3. The van der Waals surface area contributed by atoms with E-state index >= 15 is 0 Å². The van der Waals surface area contributed by atoms with Gasteiger partial charge in [0.2, 0.25) is 17.7 Å². The third-order valence-electron chi connectivity index (χ3n) is 5.25. The number of imide groups is 1. The van der Waals surface area contributed by atoms with E-state index in [1.165, 1.54) is 29.2 Å². The number of hydrogen-bond donors (Lipinski definition) is 1. The van der Waals surface area contributed by atoms with Gasteiger partial charge < -0.3 is 5.32 Å². The van der Waals surface area contributed by atoms with Gasteiger partial charge in [-0.25, -0.2) is 4.39 Å². The Morgan fingerprint density at radius 3 is 2.25 bits per heavy atom. The van der Waals surface area contributed by atoms with E-state index in [0.29, 0.717) is 5.69 Å². The van der Waals surface area contributed by atoms with Crippen LogP contribution >= 0.6 is 0 Å². The van der Waals surface area contributed by atoms with Crippen LogP contribution in [0.5, 0.6) is 0 Å². The Balaban J connectivity index is 1.36. The van der Waals surface area contributed by atoms with Crippen molar-refractivity contribution in [3.63, 3.8) is 0 Å². The maximum Gasteiger partial charge on any atom is 0.233 e. The highest BCUT2D eigenvalue weighted by molar-refractivity contribution is 6.06. The first-order valence-corrected chi connectivity index (χ1v) is 8.13. The fourth-order valence-electron chi connectivity index (χ4n) is 4.15. The average molecular weight is 328 g/mol. The van der Waals surface area contributed by atoms with Gasteiger partial charge in [0.25, 0.3) is 0 Å². The lowest BCUT2D eigenvalue weighted by atomic mass is 9.85. The van der Waals surface area contributed by atoms with E-state index in [1.54, 1.807) is 0 Å². The van der Waals surface area contributed by atoms with Crippen LogP contribution in [0.2, 0.25) is 0 Å². The third-order valence-corrected chi connectivity index (χ3v) is 5.25. The average Bonchev–Trinajstić information content (AvgIpc) is 3.23. The fraction of sp³-hybridized carbons (Fsp3) is 0.389. The summed E-state index contributed by atoms with van der Waals surface area (Å²) in [5.74, 6) is -1.08. The van der Waals surface area contributed by atoms with Gasteiger partial charge in [-0.3, -0.25) is 19.3 Å². The molecule has 1 aromatic carbocycles. The molecule has 2 bridgehead atoms. The highest BCUT2D eigenvalue weighted by atomic mass is 19.1.